The van der Waals surface area contributed by atoms with Gasteiger partial charge < -0.3 is 9.64 Å². The van der Waals surface area contributed by atoms with Crippen LogP contribution in [0.4, 0.5) is 10.1 Å². The first kappa shape index (κ1) is 17.2. The molecule has 1 amide bonds. The Labute approximate surface area is 157 Å². The van der Waals surface area contributed by atoms with Crippen LogP contribution in [-0.2, 0) is 17.8 Å². The molecule has 0 spiro atoms. The van der Waals surface area contributed by atoms with Crippen molar-refractivity contribution in [2.24, 2.45) is 0 Å². The zero-order chi connectivity index (χ0) is 18.8. The van der Waals surface area contributed by atoms with Crippen LogP contribution in [0, 0.1) is 5.82 Å². The Morgan fingerprint density at radius 3 is 2.70 bits per heavy atom. The van der Waals surface area contributed by atoms with E-state index in [4.69, 9.17) is 4.74 Å². The lowest BCUT2D eigenvalue weighted by molar-refractivity contribution is -0.117. The van der Waals surface area contributed by atoms with Crippen molar-refractivity contribution in [3.63, 3.8) is 0 Å². The second-order valence-electron chi connectivity index (χ2n) is 6.40. The SMILES string of the molecule is CCOc1ccccc1-c1cnc2c(c1)N(Cc1ccc(F)cc1)C(=O)C2. The van der Waals surface area contributed by atoms with E-state index in [2.05, 4.69) is 4.98 Å². The predicted molar refractivity (Wildman–Crippen MR) is 102 cm³/mol. The number of hydrogen-bond donors (Lipinski definition) is 0. The summed E-state index contributed by atoms with van der Waals surface area (Å²) in [4.78, 5) is 18.7. The van der Waals surface area contributed by atoms with Gasteiger partial charge in [0.05, 0.1) is 31.0 Å². The lowest BCUT2D eigenvalue weighted by Gasteiger charge is -2.18. The van der Waals surface area contributed by atoms with Crippen molar-refractivity contribution < 1.29 is 13.9 Å². The van der Waals surface area contributed by atoms with Crippen molar-refractivity contribution in [1.82, 2.24) is 4.98 Å². The molecule has 136 valence electrons. The molecule has 1 aliphatic rings. The third-order valence-electron chi connectivity index (χ3n) is 4.61. The summed E-state index contributed by atoms with van der Waals surface area (Å²) in [5.74, 6) is 0.497. The molecule has 0 fully saturated rings. The van der Waals surface area contributed by atoms with Crippen LogP contribution < -0.4 is 9.64 Å². The van der Waals surface area contributed by atoms with Crippen LogP contribution in [0.1, 0.15) is 18.2 Å². The third-order valence-corrected chi connectivity index (χ3v) is 4.61. The van der Waals surface area contributed by atoms with Gasteiger partial charge in [-0.3, -0.25) is 9.78 Å². The van der Waals surface area contributed by atoms with Gasteiger partial charge in [-0.15, -0.1) is 0 Å². The fourth-order valence-corrected chi connectivity index (χ4v) is 3.30. The second kappa shape index (κ2) is 7.19. The molecule has 4 rings (SSSR count). The van der Waals surface area contributed by atoms with E-state index in [0.717, 1.165) is 33.8 Å². The molecule has 4 nitrogen and oxygen atoms in total. The molecule has 1 aromatic heterocycles. The minimum Gasteiger partial charge on any atom is -0.493 e. The molecular formula is C22H19FN2O2. The first-order chi connectivity index (χ1) is 13.2. The molecule has 0 bridgehead atoms. The Kier molecular flexibility index (Phi) is 4.59. The minimum atomic E-state index is -0.289. The van der Waals surface area contributed by atoms with Crippen LogP contribution in [-0.4, -0.2) is 17.5 Å². The molecule has 0 aliphatic carbocycles. The number of para-hydroxylation sites is 1. The third kappa shape index (κ3) is 3.40. The molecule has 0 saturated carbocycles. The highest BCUT2D eigenvalue weighted by Crippen LogP contribution is 2.36. The molecule has 0 atom stereocenters. The average molecular weight is 362 g/mol. The van der Waals surface area contributed by atoms with Crippen molar-refractivity contribution in [2.75, 3.05) is 11.5 Å². The number of rotatable bonds is 5. The zero-order valence-electron chi connectivity index (χ0n) is 15.0. The topological polar surface area (TPSA) is 42.4 Å². The first-order valence-electron chi connectivity index (χ1n) is 8.91. The first-order valence-corrected chi connectivity index (χ1v) is 8.91. The summed E-state index contributed by atoms with van der Waals surface area (Å²) in [6, 6.07) is 16.0. The molecule has 0 radical (unpaired) electrons. The van der Waals surface area contributed by atoms with Crippen molar-refractivity contribution in [3.05, 3.63) is 77.9 Å². The number of nitrogens with zero attached hydrogens (tertiary/aromatic N) is 2. The van der Waals surface area contributed by atoms with Gasteiger partial charge in [-0.2, -0.15) is 0 Å². The zero-order valence-corrected chi connectivity index (χ0v) is 15.0. The smallest absolute Gasteiger partial charge is 0.233 e. The van der Waals surface area contributed by atoms with E-state index in [1.807, 2.05) is 37.3 Å². The van der Waals surface area contributed by atoms with E-state index in [0.29, 0.717) is 13.2 Å². The molecule has 2 aromatic carbocycles. The number of hydrogen-bond acceptors (Lipinski definition) is 3. The fourth-order valence-electron chi connectivity index (χ4n) is 3.30. The van der Waals surface area contributed by atoms with Crippen LogP contribution in [0.15, 0.2) is 60.8 Å². The maximum absolute atomic E-state index is 13.2. The monoisotopic (exact) mass is 362 g/mol. The average Bonchev–Trinajstić information content (AvgIpc) is 2.99. The number of fused-ring (bicyclic) bond motifs is 1. The Bertz CT molecular complexity index is 986. The molecule has 1 aliphatic heterocycles. The van der Waals surface area contributed by atoms with Gasteiger partial charge in [0.2, 0.25) is 5.91 Å². The molecular weight excluding hydrogens is 343 g/mol. The Morgan fingerprint density at radius 2 is 1.93 bits per heavy atom. The Balaban J connectivity index is 1.70. The van der Waals surface area contributed by atoms with Crippen molar-refractivity contribution in [3.8, 4) is 16.9 Å². The van der Waals surface area contributed by atoms with Crippen molar-refractivity contribution >= 4 is 11.6 Å². The van der Waals surface area contributed by atoms with Gasteiger partial charge in [0.1, 0.15) is 11.6 Å². The van der Waals surface area contributed by atoms with Gasteiger partial charge in [0.25, 0.3) is 0 Å². The number of anilines is 1. The number of amides is 1. The number of halogens is 1. The summed E-state index contributed by atoms with van der Waals surface area (Å²) >= 11 is 0. The Morgan fingerprint density at radius 1 is 1.15 bits per heavy atom. The number of carbonyl (C=O) groups is 1. The van der Waals surface area contributed by atoms with E-state index in [1.165, 1.54) is 12.1 Å². The normalized spacial score (nSPS) is 13.0. The van der Waals surface area contributed by atoms with Crippen LogP contribution in [0.5, 0.6) is 5.75 Å². The standard InChI is InChI=1S/C22H19FN2O2/c1-2-27-21-6-4-3-5-18(21)16-11-20-19(24-13-16)12-22(26)25(20)14-15-7-9-17(23)10-8-15/h3-11,13H,2,12,14H2,1H3. The number of carbonyl (C=O) groups excluding carboxylic acids is 1. The summed E-state index contributed by atoms with van der Waals surface area (Å²) in [5.41, 5.74) is 4.28. The molecule has 0 N–H and O–H groups in total. The molecule has 27 heavy (non-hydrogen) atoms. The van der Waals surface area contributed by atoms with Crippen LogP contribution in [0.2, 0.25) is 0 Å². The van der Waals surface area contributed by atoms with Crippen LogP contribution >= 0.6 is 0 Å². The van der Waals surface area contributed by atoms with Gasteiger partial charge >= 0.3 is 0 Å². The highest BCUT2D eigenvalue weighted by Gasteiger charge is 2.29. The van der Waals surface area contributed by atoms with E-state index >= 15 is 0 Å². The molecule has 2 heterocycles. The van der Waals surface area contributed by atoms with Gasteiger partial charge in [0.15, 0.2) is 0 Å². The summed E-state index contributed by atoms with van der Waals surface area (Å²) in [5, 5.41) is 0. The lowest BCUT2D eigenvalue weighted by Crippen LogP contribution is -2.26. The number of pyridine rings is 1. The maximum Gasteiger partial charge on any atom is 0.233 e. The quantitative estimate of drug-likeness (QED) is 0.677. The second-order valence-corrected chi connectivity index (χ2v) is 6.40. The summed E-state index contributed by atoms with van der Waals surface area (Å²) < 4.78 is 18.9. The molecule has 0 unspecified atom stereocenters. The van der Waals surface area contributed by atoms with Gasteiger partial charge in [-0.25, -0.2) is 4.39 Å². The molecule has 5 heteroatoms. The minimum absolute atomic E-state index is 0.00271. The molecule has 0 saturated heterocycles. The van der Waals surface area contributed by atoms with Crippen LogP contribution in [0.25, 0.3) is 11.1 Å². The fraction of sp³-hybridized carbons (Fsp3) is 0.182. The highest BCUT2D eigenvalue weighted by atomic mass is 19.1. The highest BCUT2D eigenvalue weighted by molar-refractivity contribution is 6.01. The van der Waals surface area contributed by atoms with Crippen LogP contribution in [0.3, 0.4) is 0 Å². The number of ether oxygens (including phenoxy) is 1. The van der Waals surface area contributed by atoms with E-state index in [-0.39, 0.29) is 18.1 Å². The van der Waals surface area contributed by atoms with Gasteiger partial charge in [-0.1, -0.05) is 30.3 Å². The lowest BCUT2D eigenvalue weighted by atomic mass is 10.1. The summed E-state index contributed by atoms with van der Waals surface area (Å²) in [7, 11) is 0. The van der Waals surface area contributed by atoms with Gasteiger partial charge in [0, 0.05) is 17.3 Å². The van der Waals surface area contributed by atoms with Crippen molar-refractivity contribution in [1.29, 1.82) is 0 Å². The summed E-state index contributed by atoms with van der Waals surface area (Å²) in [6.45, 7) is 2.91. The van der Waals surface area contributed by atoms with E-state index < -0.39 is 0 Å². The largest absolute Gasteiger partial charge is 0.493 e. The van der Waals surface area contributed by atoms with E-state index in [9.17, 15) is 9.18 Å². The maximum atomic E-state index is 13.2. The number of aromatic nitrogens is 1. The Hall–Kier alpha value is -3.21. The summed E-state index contributed by atoms with van der Waals surface area (Å²) in [6.07, 6.45) is 2.06. The van der Waals surface area contributed by atoms with E-state index in [1.54, 1.807) is 23.2 Å². The van der Waals surface area contributed by atoms with Gasteiger partial charge in [-0.05, 0) is 36.8 Å². The molecule has 3 aromatic rings. The predicted octanol–water partition coefficient (Wildman–Crippen LogP) is 4.38. The van der Waals surface area contributed by atoms with Crippen molar-refractivity contribution in [2.45, 2.75) is 19.9 Å². The number of benzene rings is 2.